The Morgan fingerprint density at radius 1 is 1.35 bits per heavy atom. The summed E-state index contributed by atoms with van der Waals surface area (Å²) < 4.78 is 2.99. The van der Waals surface area contributed by atoms with E-state index in [4.69, 9.17) is 10.8 Å². The monoisotopic (exact) mass is 333 g/mol. The van der Waals surface area contributed by atoms with E-state index in [0.717, 1.165) is 22.4 Å². The summed E-state index contributed by atoms with van der Waals surface area (Å²) in [4.78, 5) is 0. The molecule has 4 heteroatoms. The van der Waals surface area contributed by atoms with Crippen LogP contribution in [0.3, 0.4) is 0 Å². The highest BCUT2D eigenvalue weighted by Gasteiger charge is 2.33. The second kappa shape index (κ2) is 4.62. The molecule has 0 fully saturated rings. The molecule has 3 rings (SSSR count). The molecule has 3 nitrogen and oxygen atoms in total. The molecule has 1 aromatic heterocycles. The van der Waals surface area contributed by atoms with Crippen molar-refractivity contribution in [3.63, 3.8) is 0 Å². The average molecular weight is 334 g/mol. The smallest absolute Gasteiger partial charge is 0.131 e. The van der Waals surface area contributed by atoms with Crippen LogP contribution in [-0.4, -0.2) is 9.78 Å². The fraction of sp³-hybridized carbons (Fsp3) is 0.438. The highest BCUT2D eigenvalue weighted by molar-refractivity contribution is 9.10. The highest BCUT2D eigenvalue weighted by atomic mass is 79.9. The van der Waals surface area contributed by atoms with Gasteiger partial charge in [0.05, 0.1) is 11.4 Å². The van der Waals surface area contributed by atoms with Crippen LogP contribution in [0.2, 0.25) is 0 Å². The number of halogens is 1. The third-order valence-electron chi connectivity index (χ3n) is 4.27. The molecule has 1 heterocycles. The first-order chi connectivity index (χ1) is 9.40. The molecule has 1 aliphatic carbocycles. The summed E-state index contributed by atoms with van der Waals surface area (Å²) in [5.74, 6) is 0.801. The van der Waals surface area contributed by atoms with Gasteiger partial charge in [-0.05, 0) is 55.4 Å². The summed E-state index contributed by atoms with van der Waals surface area (Å²) in [5, 5.41) is 4.78. The molecule has 0 saturated heterocycles. The molecule has 0 atom stereocenters. The SMILES string of the molecule is Cc1cc(Br)ccc1-n1nc2c(c1N)C(C)(C)CCC2. The van der Waals surface area contributed by atoms with E-state index in [0.29, 0.717) is 0 Å². The minimum absolute atomic E-state index is 0.124. The Labute approximate surface area is 128 Å². The molecular weight excluding hydrogens is 314 g/mol. The van der Waals surface area contributed by atoms with Crippen molar-refractivity contribution in [3.8, 4) is 5.69 Å². The number of benzene rings is 1. The lowest BCUT2D eigenvalue weighted by Gasteiger charge is -2.29. The zero-order chi connectivity index (χ0) is 14.5. The van der Waals surface area contributed by atoms with E-state index in [1.54, 1.807) is 0 Å². The van der Waals surface area contributed by atoms with E-state index < -0.39 is 0 Å². The third-order valence-corrected chi connectivity index (χ3v) is 4.77. The summed E-state index contributed by atoms with van der Waals surface area (Å²) in [6.45, 7) is 6.62. The number of rotatable bonds is 1. The molecule has 0 unspecified atom stereocenters. The van der Waals surface area contributed by atoms with Gasteiger partial charge in [0.15, 0.2) is 0 Å². The topological polar surface area (TPSA) is 43.8 Å². The van der Waals surface area contributed by atoms with Crippen molar-refractivity contribution in [3.05, 3.63) is 39.5 Å². The number of aryl methyl sites for hydroxylation is 2. The molecule has 20 heavy (non-hydrogen) atoms. The molecule has 0 bridgehead atoms. The van der Waals surface area contributed by atoms with E-state index in [1.165, 1.54) is 29.7 Å². The van der Waals surface area contributed by atoms with Crippen LogP contribution < -0.4 is 5.73 Å². The Hall–Kier alpha value is -1.29. The van der Waals surface area contributed by atoms with Crippen LogP contribution in [0, 0.1) is 6.92 Å². The molecule has 0 saturated carbocycles. The number of anilines is 1. The predicted octanol–water partition coefficient (Wildman–Crippen LogP) is 4.14. The molecule has 1 aliphatic rings. The van der Waals surface area contributed by atoms with E-state index in [-0.39, 0.29) is 5.41 Å². The Morgan fingerprint density at radius 3 is 2.75 bits per heavy atom. The zero-order valence-electron chi connectivity index (χ0n) is 12.2. The van der Waals surface area contributed by atoms with Gasteiger partial charge < -0.3 is 5.73 Å². The lowest BCUT2D eigenvalue weighted by atomic mass is 9.75. The van der Waals surface area contributed by atoms with Gasteiger partial charge in [0, 0.05) is 10.0 Å². The van der Waals surface area contributed by atoms with Gasteiger partial charge in [0.2, 0.25) is 0 Å². The van der Waals surface area contributed by atoms with Crippen molar-refractivity contribution in [1.82, 2.24) is 9.78 Å². The summed E-state index contributed by atoms with van der Waals surface area (Å²) in [6, 6.07) is 6.20. The summed E-state index contributed by atoms with van der Waals surface area (Å²) in [7, 11) is 0. The first-order valence-corrected chi connectivity index (χ1v) is 7.84. The quantitative estimate of drug-likeness (QED) is 0.852. The number of nitrogens with two attached hydrogens (primary N) is 1. The number of nitrogens with zero attached hydrogens (tertiary/aromatic N) is 2. The van der Waals surface area contributed by atoms with Gasteiger partial charge >= 0.3 is 0 Å². The minimum Gasteiger partial charge on any atom is -0.383 e. The Kier molecular flexibility index (Phi) is 3.16. The fourth-order valence-electron chi connectivity index (χ4n) is 3.25. The van der Waals surface area contributed by atoms with Crippen LogP contribution in [0.5, 0.6) is 0 Å². The van der Waals surface area contributed by atoms with Crippen LogP contribution in [0.15, 0.2) is 22.7 Å². The number of fused-ring (bicyclic) bond motifs is 1. The molecule has 0 spiro atoms. The second-order valence-electron chi connectivity index (χ2n) is 6.29. The van der Waals surface area contributed by atoms with Crippen molar-refractivity contribution in [1.29, 1.82) is 0 Å². The maximum atomic E-state index is 6.43. The first-order valence-electron chi connectivity index (χ1n) is 7.04. The van der Waals surface area contributed by atoms with Gasteiger partial charge in [-0.3, -0.25) is 0 Å². The predicted molar refractivity (Wildman–Crippen MR) is 86.4 cm³/mol. The van der Waals surface area contributed by atoms with Gasteiger partial charge in [0.1, 0.15) is 5.82 Å². The van der Waals surface area contributed by atoms with Crippen LogP contribution in [0.4, 0.5) is 5.82 Å². The lowest BCUT2D eigenvalue weighted by molar-refractivity contribution is 0.432. The van der Waals surface area contributed by atoms with Crippen molar-refractivity contribution < 1.29 is 0 Å². The van der Waals surface area contributed by atoms with E-state index >= 15 is 0 Å². The molecular formula is C16H20BrN3. The summed E-state index contributed by atoms with van der Waals surface area (Å²) >= 11 is 3.50. The maximum absolute atomic E-state index is 6.43. The summed E-state index contributed by atoms with van der Waals surface area (Å²) in [5.41, 5.74) is 11.2. The summed E-state index contributed by atoms with van der Waals surface area (Å²) in [6.07, 6.45) is 3.40. The van der Waals surface area contributed by atoms with Gasteiger partial charge in [-0.1, -0.05) is 29.8 Å². The standard InChI is InChI=1S/C16H20BrN3/c1-10-9-11(17)6-7-13(10)20-15(18)14-12(19-20)5-4-8-16(14,2)3/h6-7,9H,4-5,8,18H2,1-3H3. The zero-order valence-corrected chi connectivity index (χ0v) is 13.8. The van der Waals surface area contributed by atoms with Gasteiger partial charge in [-0.25, -0.2) is 4.68 Å². The fourth-order valence-corrected chi connectivity index (χ4v) is 3.73. The van der Waals surface area contributed by atoms with E-state index in [1.807, 2.05) is 10.7 Å². The highest BCUT2D eigenvalue weighted by Crippen LogP contribution is 2.40. The Bertz CT molecular complexity index is 671. The molecule has 0 radical (unpaired) electrons. The van der Waals surface area contributed by atoms with E-state index in [9.17, 15) is 0 Å². The van der Waals surface area contributed by atoms with Crippen molar-refractivity contribution in [2.24, 2.45) is 0 Å². The first kappa shape index (κ1) is 13.7. The lowest BCUT2D eigenvalue weighted by Crippen LogP contribution is -2.24. The van der Waals surface area contributed by atoms with E-state index in [2.05, 4.69) is 48.8 Å². The maximum Gasteiger partial charge on any atom is 0.131 e. The number of aromatic nitrogens is 2. The molecule has 106 valence electrons. The minimum atomic E-state index is 0.124. The largest absolute Gasteiger partial charge is 0.383 e. The van der Waals surface area contributed by atoms with Gasteiger partial charge in [0.25, 0.3) is 0 Å². The molecule has 0 amide bonds. The van der Waals surface area contributed by atoms with Crippen LogP contribution in [-0.2, 0) is 11.8 Å². The molecule has 2 aromatic rings. The molecule has 0 aliphatic heterocycles. The number of nitrogen functional groups attached to an aromatic ring is 1. The van der Waals surface area contributed by atoms with Crippen LogP contribution in [0.25, 0.3) is 5.69 Å². The van der Waals surface area contributed by atoms with Gasteiger partial charge in [-0.2, -0.15) is 5.10 Å². The third kappa shape index (κ3) is 2.06. The van der Waals surface area contributed by atoms with Crippen molar-refractivity contribution in [2.75, 3.05) is 5.73 Å². The Morgan fingerprint density at radius 2 is 2.10 bits per heavy atom. The Balaban J connectivity index is 2.19. The van der Waals surface area contributed by atoms with Crippen LogP contribution in [0.1, 0.15) is 43.5 Å². The van der Waals surface area contributed by atoms with Crippen LogP contribution >= 0.6 is 15.9 Å². The van der Waals surface area contributed by atoms with Crippen molar-refractivity contribution >= 4 is 21.7 Å². The average Bonchev–Trinajstić information content (AvgIpc) is 2.67. The van der Waals surface area contributed by atoms with Gasteiger partial charge in [-0.15, -0.1) is 0 Å². The molecule has 1 aromatic carbocycles. The number of hydrogen-bond donors (Lipinski definition) is 1. The van der Waals surface area contributed by atoms with Crippen molar-refractivity contribution in [2.45, 2.75) is 45.4 Å². The second-order valence-corrected chi connectivity index (χ2v) is 7.20. The number of hydrogen-bond acceptors (Lipinski definition) is 2. The molecule has 2 N–H and O–H groups in total. The normalized spacial score (nSPS) is 17.0.